The van der Waals surface area contributed by atoms with Crippen molar-refractivity contribution in [2.75, 3.05) is 18.1 Å². The average Bonchev–Trinajstić information content (AvgIpc) is 2.77. The van der Waals surface area contributed by atoms with Gasteiger partial charge in [-0.2, -0.15) is 0 Å². The van der Waals surface area contributed by atoms with Crippen LogP contribution in [0.3, 0.4) is 0 Å². The van der Waals surface area contributed by atoms with Crippen molar-refractivity contribution < 1.29 is 9.53 Å². The van der Waals surface area contributed by atoms with E-state index < -0.39 is 5.54 Å². The molecule has 1 saturated heterocycles. The second kappa shape index (κ2) is 4.34. The number of carbonyl (C=O) groups excluding carboxylic acids is 1. The van der Waals surface area contributed by atoms with E-state index in [0.717, 1.165) is 11.4 Å². The number of benzene rings is 1. The fourth-order valence-corrected chi connectivity index (χ4v) is 3.20. The van der Waals surface area contributed by atoms with Crippen LogP contribution in [0.15, 0.2) is 24.3 Å². The quantitative estimate of drug-likeness (QED) is 0.828. The fraction of sp³-hybridized carbons (Fsp3) is 0.429. The molecule has 0 saturated carbocycles. The van der Waals surface area contributed by atoms with Crippen molar-refractivity contribution in [2.24, 2.45) is 5.73 Å². The third kappa shape index (κ3) is 1.75. The summed E-state index contributed by atoms with van der Waals surface area (Å²) in [6, 6.07) is 7.92. The van der Waals surface area contributed by atoms with E-state index in [1.165, 1.54) is 0 Å². The van der Waals surface area contributed by atoms with E-state index in [0.29, 0.717) is 18.3 Å². The highest BCUT2D eigenvalue weighted by molar-refractivity contribution is 7.80. The highest BCUT2D eigenvalue weighted by Crippen LogP contribution is 2.38. The molecule has 1 atom stereocenters. The number of rotatable bonds is 2. The Balaban J connectivity index is 1.99. The maximum absolute atomic E-state index is 11.7. The minimum absolute atomic E-state index is 0.121. The van der Waals surface area contributed by atoms with Crippen molar-refractivity contribution in [2.45, 2.75) is 25.4 Å². The molecule has 20 heavy (non-hydrogen) atoms. The van der Waals surface area contributed by atoms with Gasteiger partial charge in [-0.25, -0.2) is 0 Å². The van der Waals surface area contributed by atoms with E-state index in [1.54, 1.807) is 13.8 Å². The maximum atomic E-state index is 11.7. The SMILES string of the molecule is CC(C)(C(N)=O)N1CC2COc3ccccc3N2C1=S. The van der Waals surface area contributed by atoms with Gasteiger partial charge in [0, 0.05) is 6.54 Å². The summed E-state index contributed by atoms with van der Waals surface area (Å²) >= 11 is 5.57. The number of ether oxygens (including phenoxy) is 1. The molecule has 0 bridgehead atoms. The van der Waals surface area contributed by atoms with Crippen LogP contribution < -0.4 is 15.4 Å². The molecule has 106 valence electrons. The number of fused-ring (bicyclic) bond motifs is 3. The highest BCUT2D eigenvalue weighted by Gasteiger charge is 2.46. The summed E-state index contributed by atoms with van der Waals surface area (Å²) in [5, 5.41) is 0.634. The van der Waals surface area contributed by atoms with Gasteiger partial charge in [-0.05, 0) is 38.2 Å². The zero-order valence-corrected chi connectivity index (χ0v) is 12.3. The Labute approximate surface area is 123 Å². The summed E-state index contributed by atoms with van der Waals surface area (Å²) in [5.74, 6) is 0.443. The van der Waals surface area contributed by atoms with Crippen LogP contribution in [-0.2, 0) is 4.79 Å². The molecule has 1 amide bonds. The van der Waals surface area contributed by atoms with Crippen LogP contribution in [-0.4, -0.2) is 40.7 Å². The first kappa shape index (κ1) is 13.2. The van der Waals surface area contributed by atoms with Crippen LogP contribution in [0.4, 0.5) is 5.69 Å². The smallest absolute Gasteiger partial charge is 0.242 e. The second-order valence-corrected chi connectivity index (χ2v) is 5.98. The monoisotopic (exact) mass is 291 g/mol. The average molecular weight is 291 g/mol. The zero-order valence-electron chi connectivity index (χ0n) is 11.5. The molecule has 0 spiro atoms. The minimum atomic E-state index is -0.802. The van der Waals surface area contributed by atoms with Crippen molar-refractivity contribution in [3.8, 4) is 5.75 Å². The summed E-state index contributed by atoms with van der Waals surface area (Å²) in [6.45, 7) is 4.80. The number of nitrogens with zero attached hydrogens (tertiary/aromatic N) is 2. The molecule has 6 heteroatoms. The number of thiocarbonyl (C=S) groups is 1. The Kier molecular flexibility index (Phi) is 2.86. The largest absolute Gasteiger partial charge is 0.489 e. The molecule has 2 N–H and O–H groups in total. The third-order valence-electron chi connectivity index (χ3n) is 4.03. The number of para-hydroxylation sites is 2. The number of hydrogen-bond acceptors (Lipinski definition) is 3. The van der Waals surface area contributed by atoms with Crippen LogP contribution in [0.25, 0.3) is 0 Å². The maximum Gasteiger partial charge on any atom is 0.242 e. The lowest BCUT2D eigenvalue weighted by atomic mass is 10.0. The topological polar surface area (TPSA) is 58.8 Å². The molecule has 5 nitrogen and oxygen atoms in total. The van der Waals surface area contributed by atoms with E-state index >= 15 is 0 Å². The zero-order chi connectivity index (χ0) is 14.5. The van der Waals surface area contributed by atoms with Gasteiger partial charge in [-0.3, -0.25) is 4.79 Å². The van der Waals surface area contributed by atoms with Crippen LogP contribution in [0.2, 0.25) is 0 Å². The van der Waals surface area contributed by atoms with Gasteiger partial charge in [0.1, 0.15) is 17.9 Å². The van der Waals surface area contributed by atoms with Gasteiger partial charge in [0.15, 0.2) is 5.11 Å². The number of carbonyl (C=O) groups is 1. The van der Waals surface area contributed by atoms with Crippen LogP contribution in [0, 0.1) is 0 Å². The Bertz CT molecular complexity index is 588. The molecule has 1 unspecified atom stereocenters. The predicted molar refractivity (Wildman–Crippen MR) is 80.8 cm³/mol. The first-order valence-corrected chi connectivity index (χ1v) is 6.96. The fourth-order valence-electron chi connectivity index (χ4n) is 2.65. The Morgan fingerprint density at radius 3 is 2.85 bits per heavy atom. The molecule has 2 heterocycles. The van der Waals surface area contributed by atoms with Gasteiger partial charge in [0.05, 0.1) is 11.7 Å². The second-order valence-electron chi connectivity index (χ2n) is 5.62. The first-order valence-electron chi connectivity index (χ1n) is 6.55. The van der Waals surface area contributed by atoms with Crippen molar-refractivity contribution in [3.63, 3.8) is 0 Å². The molecular formula is C14H17N3O2S. The molecule has 3 rings (SSSR count). The van der Waals surface area contributed by atoms with Gasteiger partial charge in [-0.1, -0.05) is 12.1 Å². The lowest BCUT2D eigenvalue weighted by molar-refractivity contribution is -0.126. The van der Waals surface area contributed by atoms with Crippen molar-refractivity contribution in [3.05, 3.63) is 24.3 Å². The van der Waals surface area contributed by atoms with E-state index in [1.807, 2.05) is 29.2 Å². The summed E-state index contributed by atoms with van der Waals surface area (Å²) in [7, 11) is 0. The predicted octanol–water partition coefficient (Wildman–Crippen LogP) is 1.12. The standard InChI is InChI=1S/C14H17N3O2S/c1-14(2,12(15)18)16-7-9-8-19-11-6-4-3-5-10(11)17(9)13(16)20/h3-6,9H,7-8H2,1-2H3,(H2,15,18). The van der Waals surface area contributed by atoms with Crippen molar-refractivity contribution in [1.29, 1.82) is 0 Å². The Hall–Kier alpha value is -1.82. The van der Waals surface area contributed by atoms with E-state index in [9.17, 15) is 4.79 Å². The first-order chi connectivity index (χ1) is 9.43. The number of amides is 1. The van der Waals surface area contributed by atoms with Gasteiger partial charge < -0.3 is 20.3 Å². The summed E-state index contributed by atoms with van der Waals surface area (Å²) in [4.78, 5) is 15.6. The molecule has 1 aromatic rings. The van der Waals surface area contributed by atoms with Crippen LogP contribution in [0.1, 0.15) is 13.8 Å². The van der Waals surface area contributed by atoms with Crippen LogP contribution >= 0.6 is 12.2 Å². The number of primary amides is 1. The minimum Gasteiger partial charge on any atom is -0.489 e. The lowest BCUT2D eigenvalue weighted by Crippen LogP contribution is -2.54. The van der Waals surface area contributed by atoms with E-state index in [2.05, 4.69) is 4.90 Å². The third-order valence-corrected chi connectivity index (χ3v) is 4.45. The van der Waals surface area contributed by atoms with Gasteiger partial charge in [-0.15, -0.1) is 0 Å². The molecule has 2 aliphatic heterocycles. The molecule has 2 aliphatic rings. The number of anilines is 1. The molecule has 1 aromatic carbocycles. The van der Waals surface area contributed by atoms with Crippen molar-refractivity contribution in [1.82, 2.24) is 4.90 Å². The highest BCUT2D eigenvalue weighted by atomic mass is 32.1. The molecule has 1 fully saturated rings. The van der Waals surface area contributed by atoms with Gasteiger partial charge in [0.25, 0.3) is 0 Å². The number of hydrogen-bond donors (Lipinski definition) is 1. The Morgan fingerprint density at radius 1 is 1.45 bits per heavy atom. The Morgan fingerprint density at radius 2 is 2.15 bits per heavy atom. The summed E-state index contributed by atoms with van der Waals surface area (Å²) < 4.78 is 5.76. The van der Waals surface area contributed by atoms with Gasteiger partial charge in [0.2, 0.25) is 5.91 Å². The lowest BCUT2D eigenvalue weighted by Gasteiger charge is -2.34. The molecule has 0 aromatic heterocycles. The van der Waals surface area contributed by atoms with E-state index in [4.69, 9.17) is 22.7 Å². The molecule has 0 radical (unpaired) electrons. The summed E-state index contributed by atoms with van der Waals surface area (Å²) in [5.41, 5.74) is 5.66. The molecular weight excluding hydrogens is 274 g/mol. The van der Waals surface area contributed by atoms with Gasteiger partial charge >= 0.3 is 0 Å². The number of nitrogens with two attached hydrogens (primary N) is 1. The van der Waals surface area contributed by atoms with Crippen molar-refractivity contribution >= 4 is 28.9 Å². The normalized spacial score (nSPS) is 21.3. The summed E-state index contributed by atoms with van der Waals surface area (Å²) in [6.07, 6.45) is 0. The van der Waals surface area contributed by atoms with E-state index in [-0.39, 0.29) is 11.9 Å². The van der Waals surface area contributed by atoms with Crippen LogP contribution in [0.5, 0.6) is 5.75 Å². The molecule has 0 aliphatic carbocycles.